The molecule has 2 fully saturated rings. The maximum absolute atomic E-state index is 13.4. The Bertz CT molecular complexity index is 1020. The number of nitrogens with zero attached hydrogens (tertiary/aromatic N) is 2. The highest BCUT2D eigenvalue weighted by molar-refractivity contribution is 5.93. The van der Waals surface area contributed by atoms with Crippen LogP contribution >= 0.6 is 0 Å². The molecule has 3 heterocycles. The summed E-state index contributed by atoms with van der Waals surface area (Å²) in [5.74, 6) is -0.809. The van der Waals surface area contributed by atoms with Crippen molar-refractivity contribution in [3.8, 4) is 0 Å². The van der Waals surface area contributed by atoms with Gasteiger partial charge in [-0.25, -0.2) is 14.8 Å². The second-order valence-electron chi connectivity index (χ2n) is 9.15. The zero-order valence-corrected chi connectivity index (χ0v) is 18.6. The van der Waals surface area contributed by atoms with E-state index in [0.717, 1.165) is 18.2 Å². The van der Waals surface area contributed by atoms with Crippen LogP contribution in [0.3, 0.4) is 0 Å². The fourth-order valence-corrected chi connectivity index (χ4v) is 4.00. The maximum atomic E-state index is 13.4. The molecule has 0 unspecified atom stereocenters. The van der Waals surface area contributed by atoms with Gasteiger partial charge in [0, 0.05) is 50.1 Å². The summed E-state index contributed by atoms with van der Waals surface area (Å²) in [6, 6.07) is 3.95. The van der Waals surface area contributed by atoms with Gasteiger partial charge in [0.2, 0.25) is 5.79 Å². The van der Waals surface area contributed by atoms with Gasteiger partial charge < -0.3 is 15.0 Å². The quantitative estimate of drug-likeness (QED) is 0.465. The Balaban J connectivity index is 1.45. The number of hydrogen-bond acceptors (Lipinski definition) is 6. The van der Waals surface area contributed by atoms with E-state index in [0.29, 0.717) is 39.1 Å². The molecule has 4 rings (SSSR count). The standard InChI is InChI=1S/C22H25F6N3O3/c1-19(2)13-32-20(34-33-19)6-9-31(10-7-20)11-8-29-16-12-17(22(26,27)28)30-18-14(16)4-3-5-15(18)21(23,24)25/h3-5,12H,6-11,13H2,1-2H3,(H,29,30). The van der Waals surface area contributed by atoms with Crippen LogP contribution in [0.5, 0.6) is 0 Å². The van der Waals surface area contributed by atoms with Crippen molar-refractivity contribution in [1.82, 2.24) is 9.88 Å². The largest absolute Gasteiger partial charge is 0.433 e. The Morgan fingerprint density at radius 1 is 1.03 bits per heavy atom. The summed E-state index contributed by atoms with van der Waals surface area (Å²) in [7, 11) is 0. The first-order valence-corrected chi connectivity index (χ1v) is 10.8. The summed E-state index contributed by atoms with van der Waals surface area (Å²) in [6.45, 7) is 6.00. The number of rotatable bonds is 4. The van der Waals surface area contributed by atoms with Crippen molar-refractivity contribution in [2.75, 3.05) is 38.1 Å². The van der Waals surface area contributed by atoms with E-state index in [9.17, 15) is 26.3 Å². The molecule has 0 radical (unpaired) electrons. The minimum atomic E-state index is -4.89. The molecule has 6 nitrogen and oxygen atoms in total. The number of aromatic nitrogens is 1. The lowest BCUT2D eigenvalue weighted by Gasteiger charge is -2.45. The highest BCUT2D eigenvalue weighted by atomic mass is 19.4. The molecule has 2 aliphatic rings. The van der Waals surface area contributed by atoms with Crippen LogP contribution in [0.4, 0.5) is 32.0 Å². The van der Waals surface area contributed by atoms with E-state index in [4.69, 9.17) is 14.5 Å². The van der Waals surface area contributed by atoms with Gasteiger partial charge in [-0.1, -0.05) is 12.1 Å². The van der Waals surface area contributed by atoms with Gasteiger partial charge in [-0.05, 0) is 26.0 Å². The van der Waals surface area contributed by atoms with E-state index in [1.807, 2.05) is 13.8 Å². The minimum Gasteiger partial charge on any atom is -0.383 e. The number of pyridine rings is 1. The van der Waals surface area contributed by atoms with E-state index in [2.05, 4.69) is 15.2 Å². The number of nitrogens with one attached hydrogen (secondary N) is 1. The summed E-state index contributed by atoms with van der Waals surface area (Å²) >= 11 is 0. The fraction of sp³-hybridized carbons (Fsp3) is 0.591. The van der Waals surface area contributed by atoms with Crippen LogP contribution < -0.4 is 5.32 Å². The first-order valence-electron chi connectivity index (χ1n) is 10.8. The lowest BCUT2D eigenvalue weighted by Crippen LogP contribution is -2.55. The van der Waals surface area contributed by atoms with Crippen molar-refractivity contribution in [1.29, 1.82) is 0 Å². The Morgan fingerprint density at radius 2 is 1.74 bits per heavy atom. The highest BCUT2D eigenvalue weighted by Crippen LogP contribution is 2.39. The molecule has 34 heavy (non-hydrogen) atoms. The Labute approximate surface area is 192 Å². The molecule has 0 atom stereocenters. The average Bonchev–Trinajstić information content (AvgIpc) is 2.75. The van der Waals surface area contributed by atoms with Crippen molar-refractivity contribution in [2.45, 2.75) is 50.4 Å². The SMILES string of the molecule is CC1(C)COC2(CCN(CCNc3cc(C(F)(F)F)nc4c(C(F)(F)F)cccc34)CC2)OO1. The van der Waals surface area contributed by atoms with Gasteiger partial charge in [0.25, 0.3) is 0 Å². The summed E-state index contributed by atoms with van der Waals surface area (Å²) in [4.78, 5) is 16.3. The third kappa shape index (κ3) is 5.40. The van der Waals surface area contributed by atoms with E-state index in [1.165, 1.54) is 6.07 Å². The Kier molecular flexibility index (Phi) is 6.47. The first-order chi connectivity index (χ1) is 15.8. The average molecular weight is 493 g/mol. The number of benzene rings is 1. The second kappa shape index (κ2) is 8.81. The molecule has 2 aliphatic heterocycles. The smallest absolute Gasteiger partial charge is 0.383 e. The van der Waals surface area contributed by atoms with Crippen molar-refractivity contribution < 1.29 is 40.9 Å². The van der Waals surface area contributed by atoms with Gasteiger partial charge >= 0.3 is 12.4 Å². The third-order valence-corrected chi connectivity index (χ3v) is 5.90. The van der Waals surface area contributed by atoms with Crippen molar-refractivity contribution in [3.63, 3.8) is 0 Å². The molecule has 12 heteroatoms. The van der Waals surface area contributed by atoms with Crippen molar-refractivity contribution in [3.05, 3.63) is 35.5 Å². The predicted molar refractivity (Wildman–Crippen MR) is 111 cm³/mol. The summed E-state index contributed by atoms with van der Waals surface area (Å²) < 4.78 is 86.1. The van der Waals surface area contributed by atoms with Gasteiger partial charge in [-0.15, -0.1) is 0 Å². The topological polar surface area (TPSA) is 55.9 Å². The van der Waals surface area contributed by atoms with Crippen LogP contribution in [-0.4, -0.2) is 54.1 Å². The number of anilines is 1. The van der Waals surface area contributed by atoms with Crippen LogP contribution in [0.15, 0.2) is 24.3 Å². The molecule has 0 saturated carbocycles. The second-order valence-corrected chi connectivity index (χ2v) is 9.15. The molecule has 0 bridgehead atoms. The van der Waals surface area contributed by atoms with Crippen LogP contribution in [-0.2, 0) is 26.9 Å². The molecule has 0 aliphatic carbocycles. The molecule has 2 saturated heterocycles. The monoisotopic (exact) mass is 493 g/mol. The lowest BCUT2D eigenvalue weighted by atomic mass is 10.0. The molecule has 1 aromatic carbocycles. The Hall–Kier alpha value is -2.15. The summed E-state index contributed by atoms with van der Waals surface area (Å²) in [5.41, 5.74) is -3.90. The van der Waals surface area contributed by atoms with E-state index < -0.39 is 40.5 Å². The molecule has 1 N–H and O–H groups in total. The normalized spacial score (nSPS) is 21.2. The molecular weight excluding hydrogens is 468 g/mol. The van der Waals surface area contributed by atoms with Gasteiger partial charge in [0.15, 0.2) is 0 Å². The predicted octanol–water partition coefficient (Wildman–Crippen LogP) is 5.23. The number of likely N-dealkylation sites (tertiary alicyclic amines) is 1. The van der Waals surface area contributed by atoms with E-state index >= 15 is 0 Å². The number of fused-ring (bicyclic) bond motifs is 1. The van der Waals surface area contributed by atoms with Crippen molar-refractivity contribution in [2.24, 2.45) is 0 Å². The number of alkyl halides is 6. The fourth-order valence-electron chi connectivity index (χ4n) is 4.00. The van der Waals surface area contributed by atoms with Gasteiger partial charge in [0.05, 0.1) is 17.7 Å². The number of para-hydroxylation sites is 1. The van der Waals surface area contributed by atoms with Gasteiger partial charge in [0.1, 0.15) is 11.3 Å². The van der Waals surface area contributed by atoms with Crippen LogP contribution in [0.1, 0.15) is 37.9 Å². The lowest BCUT2D eigenvalue weighted by molar-refractivity contribution is -0.511. The van der Waals surface area contributed by atoms with Crippen molar-refractivity contribution >= 4 is 16.6 Å². The minimum absolute atomic E-state index is 0.0239. The third-order valence-electron chi connectivity index (χ3n) is 5.90. The zero-order valence-electron chi connectivity index (χ0n) is 18.6. The molecule has 1 aromatic heterocycles. The van der Waals surface area contributed by atoms with Crippen LogP contribution in [0.25, 0.3) is 10.9 Å². The van der Waals surface area contributed by atoms with Crippen LogP contribution in [0.2, 0.25) is 0 Å². The number of halogens is 6. The molecule has 0 amide bonds. The van der Waals surface area contributed by atoms with Crippen LogP contribution in [0, 0.1) is 0 Å². The maximum Gasteiger partial charge on any atom is 0.433 e. The Morgan fingerprint density at radius 3 is 2.32 bits per heavy atom. The van der Waals surface area contributed by atoms with E-state index in [-0.39, 0.29) is 17.6 Å². The van der Waals surface area contributed by atoms with Gasteiger partial charge in [-0.2, -0.15) is 26.3 Å². The first kappa shape index (κ1) is 25.0. The van der Waals surface area contributed by atoms with Gasteiger partial charge in [-0.3, -0.25) is 0 Å². The van der Waals surface area contributed by atoms with E-state index in [1.54, 1.807) is 0 Å². The molecule has 1 spiro atoms. The number of piperidine rings is 1. The molecular formula is C22H25F6N3O3. The zero-order chi connectivity index (χ0) is 24.8. The molecule has 188 valence electrons. The number of ether oxygens (including phenoxy) is 1. The summed E-state index contributed by atoms with van der Waals surface area (Å²) in [5, 5.41) is 2.85. The number of hydrogen-bond donors (Lipinski definition) is 1. The summed E-state index contributed by atoms with van der Waals surface area (Å²) in [6.07, 6.45) is -8.62. The molecule has 2 aromatic rings. The highest BCUT2D eigenvalue weighted by Gasteiger charge is 2.44.